The van der Waals surface area contributed by atoms with Crippen molar-refractivity contribution in [1.29, 1.82) is 0 Å². The van der Waals surface area contributed by atoms with Gasteiger partial charge >= 0.3 is 0 Å². The lowest BCUT2D eigenvalue weighted by molar-refractivity contribution is -0.118. The Hall–Kier alpha value is -2.41. The standard InChI is InChI=1S/C22H22ClN3O2S/c1-15-11-17(7-8-18(15)23)28-14-21(27)25-22-24-19-9-10-26(13-20(19)29-22)12-16-5-3-2-4-6-16/h2-8,11H,9-10,12-14H2,1H3,(H,24,25,27). The Morgan fingerprint density at radius 1 is 1.28 bits per heavy atom. The van der Waals surface area contributed by atoms with Crippen LogP contribution in [0.4, 0.5) is 5.13 Å². The zero-order valence-corrected chi connectivity index (χ0v) is 17.7. The number of nitrogens with one attached hydrogen (secondary N) is 1. The molecule has 1 N–H and O–H groups in total. The van der Waals surface area contributed by atoms with Crippen molar-refractivity contribution in [3.05, 3.63) is 75.3 Å². The summed E-state index contributed by atoms with van der Waals surface area (Å²) in [6, 6.07) is 15.8. The molecule has 1 aliphatic rings. The van der Waals surface area contributed by atoms with E-state index < -0.39 is 0 Å². The molecule has 2 aromatic carbocycles. The lowest BCUT2D eigenvalue weighted by Crippen LogP contribution is -2.29. The monoisotopic (exact) mass is 427 g/mol. The van der Waals surface area contributed by atoms with Crippen LogP contribution in [0.25, 0.3) is 0 Å². The van der Waals surface area contributed by atoms with E-state index in [2.05, 4.69) is 39.5 Å². The minimum Gasteiger partial charge on any atom is -0.484 e. The van der Waals surface area contributed by atoms with Crippen molar-refractivity contribution in [2.24, 2.45) is 0 Å². The summed E-state index contributed by atoms with van der Waals surface area (Å²) in [5.41, 5.74) is 3.31. The van der Waals surface area contributed by atoms with Crippen molar-refractivity contribution in [1.82, 2.24) is 9.88 Å². The first-order chi connectivity index (χ1) is 14.1. The van der Waals surface area contributed by atoms with Crippen LogP contribution in [0.1, 0.15) is 21.7 Å². The largest absolute Gasteiger partial charge is 0.484 e. The number of thiazole rings is 1. The van der Waals surface area contributed by atoms with Crippen LogP contribution in [0.5, 0.6) is 5.75 Å². The van der Waals surface area contributed by atoms with Gasteiger partial charge in [-0.1, -0.05) is 41.9 Å². The van der Waals surface area contributed by atoms with Crippen molar-refractivity contribution in [2.75, 3.05) is 18.5 Å². The van der Waals surface area contributed by atoms with Crippen molar-refractivity contribution in [3.63, 3.8) is 0 Å². The van der Waals surface area contributed by atoms with Gasteiger partial charge in [-0.2, -0.15) is 0 Å². The highest BCUT2D eigenvalue weighted by Gasteiger charge is 2.21. The molecule has 3 aromatic rings. The van der Waals surface area contributed by atoms with E-state index in [1.54, 1.807) is 23.5 Å². The Bertz CT molecular complexity index is 1010. The number of rotatable bonds is 6. The summed E-state index contributed by atoms with van der Waals surface area (Å²) in [5.74, 6) is 0.405. The molecule has 0 fully saturated rings. The number of ether oxygens (including phenoxy) is 1. The maximum Gasteiger partial charge on any atom is 0.264 e. The molecular formula is C22H22ClN3O2S. The number of benzene rings is 2. The van der Waals surface area contributed by atoms with Gasteiger partial charge in [-0.05, 0) is 36.2 Å². The van der Waals surface area contributed by atoms with Gasteiger partial charge in [0.15, 0.2) is 11.7 Å². The molecule has 150 valence electrons. The second-order valence-electron chi connectivity index (χ2n) is 7.08. The van der Waals surface area contributed by atoms with Crippen molar-refractivity contribution >= 4 is 34.0 Å². The fourth-order valence-electron chi connectivity index (χ4n) is 3.29. The molecule has 7 heteroatoms. The number of aromatic nitrogens is 1. The van der Waals surface area contributed by atoms with Gasteiger partial charge in [0, 0.05) is 36.0 Å². The summed E-state index contributed by atoms with van der Waals surface area (Å²) >= 11 is 7.56. The quantitative estimate of drug-likeness (QED) is 0.620. The summed E-state index contributed by atoms with van der Waals surface area (Å²) in [4.78, 5) is 20.5. The number of aryl methyl sites for hydroxylation is 1. The fraction of sp³-hybridized carbons (Fsp3) is 0.273. The molecule has 1 aliphatic heterocycles. The molecule has 0 radical (unpaired) electrons. The number of hydrogen-bond donors (Lipinski definition) is 1. The third kappa shape index (κ3) is 5.15. The predicted molar refractivity (Wildman–Crippen MR) is 117 cm³/mol. The van der Waals surface area contributed by atoms with Crippen LogP contribution in [-0.4, -0.2) is 28.9 Å². The van der Waals surface area contributed by atoms with Crippen LogP contribution < -0.4 is 10.1 Å². The molecule has 0 saturated heterocycles. The van der Waals surface area contributed by atoms with Crippen molar-refractivity contribution in [2.45, 2.75) is 26.4 Å². The average molecular weight is 428 g/mol. The van der Waals surface area contributed by atoms with Gasteiger partial charge in [-0.25, -0.2) is 4.98 Å². The van der Waals surface area contributed by atoms with E-state index in [9.17, 15) is 4.79 Å². The third-order valence-electron chi connectivity index (χ3n) is 4.80. The van der Waals surface area contributed by atoms with Gasteiger partial charge < -0.3 is 4.74 Å². The highest BCUT2D eigenvalue weighted by molar-refractivity contribution is 7.15. The molecule has 29 heavy (non-hydrogen) atoms. The maximum absolute atomic E-state index is 12.3. The lowest BCUT2D eigenvalue weighted by Gasteiger charge is -2.25. The predicted octanol–water partition coefficient (Wildman–Crippen LogP) is 4.68. The molecule has 2 heterocycles. The van der Waals surface area contributed by atoms with Crippen molar-refractivity contribution in [3.8, 4) is 5.75 Å². The number of hydrogen-bond acceptors (Lipinski definition) is 5. The topological polar surface area (TPSA) is 54.5 Å². The van der Waals surface area contributed by atoms with E-state index in [1.165, 1.54) is 10.4 Å². The van der Waals surface area contributed by atoms with Gasteiger partial charge in [0.25, 0.3) is 5.91 Å². The maximum atomic E-state index is 12.3. The second-order valence-corrected chi connectivity index (χ2v) is 8.57. The molecule has 5 nitrogen and oxygen atoms in total. The van der Waals surface area contributed by atoms with E-state index in [-0.39, 0.29) is 12.5 Å². The van der Waals surface area contributed by atoms with Crippen molar-refractivity contribution < 1.29 is 9.53 Å². The van der Waals surface area contributed by atoms with E-state index in [0.29, 0.717) is 15.9 Å². The summed E-state index contributed by atoms with van der Waals surface area (Å²) in [6.45, 7) is 4.59. The number of nitrogens with zero attached hydrogens (tertiary/aromatic N) is 2. The first-order valence-electron chi connectivity index (χ1n) is 9.50. The average Bonchev–Trinajstić information content (AvgIpc) is 3.11. The zero-order valence-electron chi connectivity index (χ0n) is 16.2. The highest BCUT2D eigenvalue weighted by Crippen LogP contribution is 2.29. The molecule has 1 aromatic heterocycles. The number of fused-ring (bicyclic) bond motifs is 1. The summed E-state index contributed by atoms with van der Waals surface area (Å²) in [6.07, 6.45) is 0.898. The molecule has 0 saturated carbocycles. The Morgan fingerprint density at radius 3 is 2.90 bits per heavy atom. The summed E-state index contributed by atoms with van der Waals surface area (Å²) in [7, 11) is 0. The van der Waals surface area contributed by atoms with Crippen LogP contribution in [0.3, 0.4) is 0 Å². The number of anilines is 1. The Morgan fingerprint density at radius 2 is 2.10 bits per heavy atom. The molecule has 0 spiro atoms. The fourth-order valence-corrected chi connectivity index (χ4v) is 4.47. The Labute approximate surface area is 179 Å². The number of carbonyl (C=O) groups excluding carboxylic acids is 1. The van der Waals surface area contributed by atoms with Gasteiger partial charge in [0.05, 0.1) is 5.69 Å². The molecule has 0 bridgehead atoms. The Balaban J connectivity index is 1.31. The van der Waals surface area contributed by atoms with Crippen LogP contribution in [0, 0.1) is 6.92 Å². The summed E-state index contributed by atoms with van der Waals surface area (Å²) < 4.78 is 5.56. The minimum atomic E-state index is -0.218. The third-order valence-corrected chi connectivity index (χ3v) is 6.23. The zero-order chi connectivity index (χ0) is 20.2. The normalized spacial score (nSPS) is 13.7. The second kappa shape index (κ2) is 8.95. The van der Waals surface area contributed by atoms with Gasteiger partial charge in [0.2, 0.25) is 0 Å². The Kier molecular flexibility index (Phi) is 6.13. The lowest BCUT2D eigenvalue weighted by atomic mass is 10.1. The SMILES string of the molecule is Cc1cc(OCC(=O)Nc2nc3c(s2)CN(Cc2ccccc2)CC3)ccc1Cl. The van der Waals surface area contributed by atoms with E-state index >= 15 is 0 Å². The first-order valence-corrected chi connectivity index (χ1v) is 10.7. The van der Waals surface area contributed by atoms with E-state index in [4.69, 9.17) is 16.3 Å². The molecular weight excluding hydrogens is 406 g/mol. The molecule has 0 aliphatic carbocycles. The molecule has 0 unspecified atom stereocenters. The minimum absolute atomic E-state index is 0.0640. The van der Waals surface area contributed by atoms with Crippen LogP contribution in [0.2, 0.25) is 5.02 Å². The molecule has 1 amide bonds. The molecule has 4 rings (SSSR count). The van der Waals surface area contributed by atoms with Gasteiger partial charge in [0.1, 0.15) is 5.75 Å². The van der Waals surface area contributed by atoms with E-state index in [0.717, 1.165) is 37.3 Å². The number of amides is 1. The van der Waals surface area contributed by atoms with Gasteiger partial charge in [-0.15, -0.1) is 11.3 Å². The van der Waals surface area contributed by atoms with Crippen LogP contribution in [0.15, 0.2) is 48.5 Å². The van der Waals surface area contributed by atoms with E-state index in [1.807, 2.05) is 19.1 Å². The number of halogens is 1. The number of carbonyl (C=O) groups is 1. The first kappa shape index (κ1) is 19.9. The van der Waals surface area contributed by atoms with Gasteiger partial charge in [-0.3, -0.25) is 15.0 Å². The summed E-state index contributed by atoms with van der Waals surface area (Å²) in [5, 5.41) is 4.17. The van der Waals surface area contributed by atoms with Crippen LogP contribution >= 0.6 is 22.9 Å². The molecule has 0 atom stereocenters. The van der Waals surface area contributed by atoms with Crippen LogP contribution in [-0.2, 0) is 24.3 Å². The smallest absolute Gasteiger partial charge is 0.264 e. The highest BCUT2D eigenvalue weighted by atomic mass is 35.5.